The van der Waals surface area contributed by atoms with Crippen molar-refractivity contribution in [2.75, 3.05) is 6.54 Å². The van der Waals surface area contributed by atoms with Gasteiger partial charge in [-0.25, -0.2) is 0 Å². The minimum atomic E-state index is 0.0982. The average molecular weight is 284 g/mol. The Balaban J connectivity index is 2.69. The Kier molecular flexibility index (Phi) is 4.12. The summed E-state index contributed by atoms with van der Waals surface area (Å²) >= 11 is 0. The molecule has 0 fully saturated rings. The predicted octanol–water partition coefficient (Wildman–Crippen LogP) is 4.37. The van der Waals surface area contributed by atoms with Crippen LogP contribution in [0, 0.1) is 12.3 Å². The highest BCUT2D eigenvalue weighted by Crippen LogP contribution is 2.32. The van der Waals surface area contributed by atoms with E-state index in [4.69, 9.17) is 10.7 Å². The van der Waals surface area contributed by atoms with Crippen molar-refractivity contribution in [1.82, 2.24) is 4.98 Å². The summed E-state index contributed by atoms with van der Waals surface area (Å²) < 4.78 is 0. The third-order valence-corrected chi connectivity index (χ3v) is 4.08. The van der Waals surface area contributed by atoms with Gasteiger partial charge in [-0.15, -0.1) is 0 Å². The van der Waals surface area contributed by atoms with Gasteiger partial charge in [-0.05, 0) is 47.9 Å². The molecular weight excluding hydrogens is 256 g/mol. The van der Waals surface area contributed by atoms with E-state index in [2.05, 4.69) is 65.8 Å². The normalized spacial score (nSPS) is 12.9. The molecule has 0 atom stereocenters. The number of hydrogen-bond donors (Lipinski definition) is 1. The van der Waals surface area contributed by atoms with Crippen molar-refractivity contribution >= 4 is 10.9 Å². The largest absolute Gasteiger partial charge is 0.330 e. The fourth-order valence-electron chi connectivity index (χ4n) is 2.80. The smallest absolute Gasteiger partial charge is 0.0745 e. The summed E-state index contributed by atoms with van der Waals surface area (Å²) in [6, 6.07) is 8.76. The van der Waals surface area contributed by atoms with Gasteiger partial charge in [-0.3, -0.25) is 4.98 Å². The standard InChI is InChI=1S/C19H28N2/c1-13-10-14(11-19(5,6)12-20)15-8-7-9-16(17(15)21-13)18(2,3)4/h7-10H,11-12,20H2,1-6H3. The van der Waals surface area contributed by atoms with Gasteiger partial charge in [0.2, 0.25) is 0 Å². The maximum absolute atomic E-state index is 5.92. The van der Waals surface area contributed by atoms with E-state index in [9.17, 15) is 0 Å². The Morgan fingerprint density at radius 1 is 1.10 bits per heavy atom. The monoisotopic (exact) mass is 284 g/mol. The number of aromatic nitrogens is 1. The molecule has 21 heavy (non-hydrogen) atoms. The molecule has 2 N–H and O–H groups in total. The van der Waals surface area contributed by atoms with Gasteiger partial charge >= 0.3 is 0 Å². The minimum Gasteiger partial charge on any atom is -0.330 e. The summed E-state index contributed by atoms with van der Waals surface area (Å²) in [5.74, 6) is 0. The summed E-state index contributed by atoms with van der Waals surface area (Å²) in [4.78, 5) is 4.83. The Bertz CT molecular complexity index is 648. The molecule has 2 nitrogen and oxygen atoms in total. The van der Waals surface area contributed by atoms with Crippen LogP contribution < -0.4 is 5.73 Å². The van der Waals surface area contributed by atoms with Crippen LogP contribution in [0.25, 0.3) is 10.9 Å². The van der Waals surface area contributed by atoms with Crippen LogP contribution in [0.3, 0.4) is 0 Å². The van der Waals surface area contributed by atoms with Gasteiger partial charge in [0.05, 0.1) is 5.52 Å². The first kappa shape index (κ1) is 16.0. The van der Waals surface area contributed by atoms with Crippen molar-refractivity contribution in [3.8, 4) is 0 Å². The molecule has 0 saturated heterocycles. The number of nitrogens with two attached hydrogens (primary N) is 1. The van der Waals surface area contributed by atoms with Gasteiger partial charge in [-0.2, -0.15) is 0 Å². The molecule has 0 saturated carbocycles. The number of rotatable bonds is 3. The van der Waals surface area contributed by atoms with E-state index in [0.717, 1.165) is 17.6 Å². The molecule has 0 radical (unpaired) electrons. The Morgan fingerprint density at radius 2 is 1.76 bits per heavy atom. The fourth-order valence-corrected chi connectivity index (χ4v) is 2.80. The summed E-state index contributed by atoms with van der Waals surface area (Å²) in [5, 5.41) is 1.27. The molecule has 0 unspecified atom stereocenters. The minimum absolute atomic E-state index is 0.0982. The van der Waals surface area contributed by atoms with Crippen LogP contribution in [-0.2, 0) is 11.8 Å². The molecule has 1 aromatic heterocycles. The number of nitrogens with zero attached hydrogens (tertiary/aromatic N) is 1. The predicted molar refractivity (Wildman–Crippen MR) is 91.7 cm³/mol. The summed E-state index contributed by atoms with van der Waals surface area (Å²) in [6.07, 6.45) is 0.983. The Labute approximate surface area is 128 Å². The van der Waals surface area contributed by atoms with Crippen molar-refractivity contribution < 1.29 is 0 Å². The van der Waals surface area contributed by atoms with Gasteiger partial charge < -0.3 is 5.73 Å². The lowest BCUT2D eigenvalue weighted by atomic mass is 9.82. The summed E-state index contributed by atoms with van der Waals surface area (Å²) in [6.45, 7) is 14.0. The highest BCUT2D eigenvalue weighted by Gasteiger charge is 2.22. The maximum Gasteiger partial charge on any atom is 0.0745 e. The molecule has 0 amide bonds. The molecule has 2 heteroatoms. The number of benzene rings is 1. The number of aryl methyl sites for hydroxylation is 1. The van der Waals surface area contributed by atoms with E-state index < -0.39 is 0 Å². The molecule has 0 bridgehead atoms. The van der Waals surface area contributed by atoms with Crippen LogP contribution in [0.2, 0.25) is 0 Å². The van der Waals surface area contributed by atoms with Gasteiger partial charge in [0.1, 0.15) is 0 Å². The van der Waals surface area contributed by atoms with Crippen LogP contribution in [0.4, 0.5) is 0 Å². The molecule has 1 aromatic carbocycles. The van der Waals surface area contributed by atoms with Crippen LogP contribution in [0.5, 0.6) is 0 Å². The average Bonchev–Trinajstić information content (AvgIpc) is 2.36. The van der Waals surface area contributed by atoms with Gasteiger partial charge in [0.25, 0.3) is 0 Å². The van der Waals surface area contributed by atoms with Crippen LogP contribution >= 0.6 is 0 Å². The molecule has 1 heterocycles. The lowest BCUT2D eigenvalue weighted by molar-refractivity contribution is 0.378. The molecule has 0 aliphatic rings. The first-order valence-corrected chi connectivity index (χ1v) is 7.74. The Hall–Kier alpha value is -1.41. The van der Waals surface area contributed by atoms with Crippen molar-refractivity contribution in [2.45, 2.75) is 53.4 Å². The highest BCUT2D eigenvalue weighted by atomic mass is 14.7. The van der Waals surface area contributed by atoms with E-state index in [1.165, 1.54) is 16.5 Å². The van der Waals surface area contributed by atoms with Crippen molar-refractivity contribution in [3.05, 3.63) is 41.1 Å². The molecule has 0 aliphatic carbocycles. The first-order valence-electron chi connectivity index (χ1n) is 7.74. The highest BCUT2D eigenvalue weighted by molar-refractivity contribution is 5.86. The zero-order valence-corrected chi connectivity index (χ0v) is 14.2. The molecule has 114 valence electrons. The van der Waals surface area contributed by atoms with Gasteiger partial charge in [0, 0.05) is 11.1 Å². The van der Waals surface area contributed by atoms with E-state index >= 15 is 0 Å². The second kappa shape index (κ2) is 5.42. The zero-order valence-electron chi connectivity index (χ0n) is 14.2. The van der Waals surface area contributed by atoms with Gasteiger partial charge in [-0.1, -0.05) is 52.8 Å². The van der Waals surface area contributed by atoms with Crippen LogP contribution in [0.1, 0.15) is 51.4 Å². The first-order chi connectivity index (χ1) is 9.64. The van der Waals surface area contributed by atoms with Crippen LogP contribution in [-0.4, -0.2) is 11.5 Å². The SMILES string of the molecule is Cc1cc(CC(C)(C)CN)c2cccc(C(C)(C)C)c2n1. The lowest BCUT2D eigenvalue weighted by Crippen LogP contribution is -2.26. The zero-order chi connectivity index (χ0) is 15.8. The quantitative estimate of drug-likeness (QED) is 0.909. The number of para-hydroxylation sites is 1. The third kappa shape index (κ3) is 3.44. The Morgan fingerprint density at radius 3 is 2.33 bits per heavy atom. The van der Waals surface area contributed by atoms with E-state index in [1.807, 2.05) is 0 Å². The topological polar surface area (TPSA) is 38.9 Å². The van der Waals surface area contributed by atoms with Gasteiger partial charge in [0.15, 0.2) is 0 Å². The van der Waals surface area contributed by atoms with E-state index in [-0.39, 0.29) is 10.8 Å². The molecule has 0 spiro atoms. The summed E-state index contributed by atoms with van der Waals surface area (Å²) in [7, 11) is 0. The second-order valence-corrected chi connectivity index (χ2v) is 7.92. The molecule has 2 rings (SSSR count). The maximum atomic E-state index is 5.92. The number of fused-ring (bicyclic) bond motifs is 1. The third-order valence-electron chi connectivity index (χ3n) is 4.08. The van der Waals surface area contributed by atoms with E-state index in [0.29, 0.717) is 6.54 Å². The number of pyridine rings is 1. The summed E-state index contributed by atoms with van der Waals surface area (Å²) in [5.41, 5.74) is 11.0. The molecular formula is C19H28N2. The van der Waals surface area contributed by atoms with Crippen molar-refractivity contribution in [1.29, 1.82) is 0 Å². The fraction of sp³-hybridized carbons (Fsp3) is 0.526. The lowest BCUT2D eigenvalue weighted by Gasteiger charge is -2.25. The van der Waals surface area contributed by atoms with Crippen LogP contribution in [0.15, 0.2) is 24.3 Å². The second-order valence-electron chi connectivity index (χ2n) is 7.92. The van der Waals surface area contributed by atoms with Crippen molar-refractivity contribution in [2.24, 2.45) is 11.1 Å². The molecule has 0 aliphatic heterocycles. The molecule has 2 aromatic rings. The van der Waals surface area contributed by atoms with E-state index in [1.54, 1.807) is 0 Å². The van der Waals surface area contributed by atoms with Crippen molar-refractivity contribution in [3.63, 3.8) is 0 Å². The number of hydrogen-bond acceptors (Lipinski definition) is 2.